The van der Waals surface area contributed by atoms with Crippen molar-refractivity contribution < 1.29 is 4.79 Å². The molecular formula is C20H19Cl2N5O. The molecule has 1 aliphatic rings. The van der Waals surface area contributed by atoms with Crippen LogP contribution in [0.1, 0.15) is 32.7 Å². The van der Waals surface area contributed by atoms with E-state index in [2.05, 4.69) is 20.9 Å². The summed E-state index contributed by atoms with van der Waals surface area (Å²) >= 11 is 12.0. The Labute approximate surface area is 172 Å². The van der Waals surface area contributed by atoms with Gasteiger partial charge in [-0.15, -0.1) is 5.10 Å². The molecule has 1 amide bonds. The van der Waals surface area contributed by atoms with E-state index in [0.717, 1.165) is 30.8 Å². The minimum atomic E-state index is -0.189. The van der Waals surface area contributed by atoms with Gasteiger partial charge in [-0.2, -0.15) is 0 Å². The molecule has 0 bridgehead atoms. The van der Waals surface area contributed by atoms with Crippen LogP contribution in [0.4, 0.5) is 5.82 Å². The third-order valence-corrected chi connectivity index (χ3v) is 5.62. The van der Waals surface area contributed by atoms with Gasteiger partial charge in [-0.3, -0.25) is 4.79 Å². The molecule has 0 saturated heterocycles. The minimum absolute atomic E-state index is 0.189. The number of nitrogens with one attached hydrogen (secondary N) is 2. The Hall–Kier alpha value is -2.41. The number of amides is 1. The Morgan fingerprint density at radius 2 is 2.04 bits per heavy atom. The van der Waals surface area contributed by atoms with E-state index >= 15 is 0 Å². The molecule has 8 heteroatoms. The number of halogens is 2. The van der Waals surface area contributed by atoms with E-state index in [0.29, 0.717) is 28.0 Å². The van der Waals surface area contributed by atoms with Crippen molar-refractivity contribution in [3.05, 3.63) is 74.4 Å². The first kappa shape index (κ1) is 18.9. The number of carbonyl (C=O) groups is 1. The molecule has 4 rings (SSSR count). The van der Waals surface area contributed by atoms with Gasteiger partial charge in [0.05, 0.1) is 22.3 Å². The fraction of sp³-hybridized carbons (Fsp3) is 0.250. The zero-order valence-electron chi connectivity index (χ0n) is 15.3. The third kappa shape index (κ3) is 3.90. The molecule has 1 aliphatic heterocycles. The summed E-state index contributed by atoms with van der Waals surface area (Å²) in [6.07, 6.45) is 0.926. The molecule has 2 aromatic carbocycles. The van der Waals surface area contributed by atoms with Gasteiger partial charge in [0, 0.05) is 12.1 Å². The van der Waals surface area contributed by atoms with Crippen LogP contribution < -0.4 is 10.6 Å². The zero-order valence-corrected chi connectivity index (χ0v) is 16.8. The second-order valence-electron chi connectivity index (χ2n) is 6.79. The van der Waals surface area contributed by atoms with Crippen LogP contribution in [-0.4, -0.2) is 27.4 Å². The molecule has 0 unspecified atom stereocenters. The Morgan fingerprint density at radius 3 is 2.86 bits per heavy atom. The molecule has 0 atom stereocenters. The van der Waals surface area contributed by atoms with E-state index < -0.39 is 0 Å². The second kappa shape index (κ2) is 7.91. The van der Waals surface area contributed by atoms with Crippen LogP contribution in [0, 0.1) is 6.92 Å². The summed E-state index contributed by atoms with van der Waals surface area (Å²) in [6, 6.07) is 11.2. The van der Waals surface area contributed by atoms with E-state index in [1.807, 2.05) is 31.2 Å². The van der Waals surface area contributed by atoms with E-state index in [1.165, 1.54) is 11.1 Å². The summed E-state index contributed by atoms with van der Waals surface area (Å²) in [7, 11) is 0. The van der Waals surface area contributed by atoms with Crippen molar-refractivity contribution in [2.75, 3.05) is 11.9 Å². The van der Waals surface area contributed by atoms with Crippen LogP contribution >= 0.6 is 23.2 Å². The van der Waals surface area contributed by atoms with Crippen molar-refractivity contribution in [1.29, 1.82) is 0 Å². The Kier molecular flexibility index (Phi) is 5.35. The summed E-state index contributed by atoms with van der Waals surface area (Å²) in [5, 5.41) is 15.5. The van der Waals surface area contributed by atoms with Gasteiger partial charge in [-0.25, -0.2) is 4.68 Å². The normalized spacial score (nSPS) is 13.2. The summed E-state index contributed by atoms with van der Waals surface area (Å²) in [6.45, 7) is 4.13. The van der Waals surface area contributed by atoms with Gasteiger partial charge in [-0.05, 0) is 60.8 Å². The first-order valence-electron chi connectivity index (χ1n) is 8.99. The lowest BCUT2D eigenvalue weighted by molar-refractivity contribution is 0.102. The van der Waals surface area contributed by atoms with Gasteiger partial charge < -0.3 is 10.6 Å². The van der Waals surface area contributed by atoms with Crippen LogP contribution in [0.2, 0.25) is 10.0 Å². The highest BCUT2D eigenvalue weighted by Crippen LogP contribution is 2.23. The van der Waals surface area contributed by atoms with Crippen LogP contribution in [0.25, 0.3) is 0 Å². The standard InChI is InChI=1S/C20H19Cl2N5O/c1-12-19(25-26-27(12)11-13-2-5-17(21)18(22)8-13)24-20(28)15-3-4-16-10-23-7-6-14(16)9-15/h2-5,8-9,23H,6-7,10-11H2,1H3,(H,24,28). The molecule has 0 aliphatic carbocycles. The molecule has 144 valence electrons. The molecule has 0 spiro atoms. The monoisotopic (exact) mass is 415 g/mol. The maximum atomic E-state index is 12.7. The first-order chi connectivity index (χ1) is 13.5. The summed E-state index contributed by atoms with van der Waals surface area (Å²) in [5.41, 5.74) is 4.79. The first-order valence-corrected chi connectivity index (χ1v) is 9.75. The van der Waals surface area contributed by atoms with Crippen molar-refractivity contribution in [2.24, 2.45) is 0 Å². The molecule has 3 aromatic rings. The SMILES string of the molecule is Cc1c(NC(=O)c2ccc3c(c2)CCNC3)nnn1Cc1ccc(Cl)c(Cl)c1. The molecule has 0 radical (unpaired) electrons. The van der Waals surface area contributed by atoms with E-state index in [1.54, 1.807) is 16.8 Å². The van der Waals surface area contributed by atoms with E-state index in [9.17, 15) is 4.79 Å². The van der Waals surface area contributed by atoms with Crippen molar-refractivity contribution in [2.45, 2.75) is 26.4 Å². The smallest absolute Gasteiger partial charge is 0.256 e. The molecule has 2 heterocycles. The van der Waals surface area contributed by atoms with Crippen LogP contribution in [0.3, 0.4) is 0 Å². The highest BCUT2D eigenvalue weighted by atomic mass is 35.5. The molecule has 6 nitrogen and oxygen atoms in total. The average molecular weight is 416 g/mol. The lowest BCUT2D eigenvalue weighted by atomic mass is 9.98. The number of carbonyl (C=O) groups excluding carboxylic acids is 1. The van der Waals surface area contributed by atoms with Gasteiger partial charge in [-0.1, -0.05) is 40.5 Å². The largest absolute Gasteiger partial charge is 0.312 e. The number of hydrogen-bond donors (Lipinski definition) is 2. The van der Waals surface area contributed by atoms with Gasteiger partial charge >= 0.3 is 0 Å². The third-order valence-electron chi connectivity index (χ3n) is 4.89. The predicted octanol–water partition coefficient (Wildman–Crippen LogP) is 3.84. The second-order valence-corrected chi connectivity index (χ2v) is 7.61. The fourth-order valence-electron chi connectivity index (χ4n) is 3.24. The van der Waals surface area contributed by atoms with Crippen LogP contribution in [0.5, 0.6) is 0 Å². The van der Waals surface area contributed by atoms with Crippen LogP contribution in [-0.2, 0) is 19.5 Å². The zero-order chi connectivity index (χ0) is 19.7. The number of fused-ring (bicyclic) bond motifs is 1. The fourth-order valence-corrected chi connectivity index (χ4v) is 3.56. The number of aromatic nitrogens is 3. The minimum Gasteiger partial charge on any atom is -0.312 e. The van der Waals surface area contributed by atoms with Gasteiger partial charge in [0.1, 0.15) is 0 Å². The highest BCUT2D eigenvalue weighted by Gasteiger charge is 2.16. The number of anilines is 1. The van der Waals surface area contributed by atoms with Crippen molar-refractivity contribution >= 4 is 34.9 Å². The molecule has 0 fully saturated rings. The number of nitrogens with zero attached hydrogens (tertiary/aromatic N) is 3. The highest BCUT2D eigenvalue weighted by molar-refractivity contribution is 6.42. The predicted molar refractivity (Wildman–Crippen MR) is 110 cm³/mol. The molecule has 1 aromatic heterocycles. The Balaban J connectivity index is 1.49. The van der Waals surface area contributed by atoms with Gasteiger partial charge in [0.2, 0.25) is 0 Å². The number of benzene rings is 2. The van der Waals surface area contributed by atoms with E-state index in [-0.39, 0.29) is 5.91 Å². The van der Waals surface area contributed by atoms with Gasteiger partial charge in [0.25, 0.3) is 5.91 Å². The summed E-state index contributed by atoms with van der Waals surface area (Å²) in [5.74, 6) is 0.260. The van der Waals surface area contributed by atoms with E-state index in [4.69, 9.17) is 23.2 Å². The Bertz CT molecular complexity index is 1050. The lowest BCUT2D eigenvalue weighted by Crippen LogP contribution is -2.24. The van der Waals surface area contributed by atoms with Crippen LogP contribution in [0.15, 0.2) is 36.4 Å². The summed E-state index contributed by atoms with van der Waals surface area (Å²) < 4.78 is 1.72. The topological polar surface area (TPSA) is 71.8 Å². The Morgan fingerprint density at radius 1 is 1.18 bits per heavy atom. The van der Waals surface area contributed by atoms with Gasteiger partial charge in [0.15, 0.2) is 5.82 Å². The lowest BCUT2D eigenvalue weighted by Gasteiger charge is -2.17. The number of rotatable bonds is 4. The molecule has 2 N–H and O–H groups in total. The summed E-state index contributed by atoms with van der Waals surface area (Å²) in [4.78, 5) is 12.7. The molecular weight excluding hydrogens is 397 g/mol. The average Bonchev–Trinajstić information content (AvgIpc) is 3.04. The number of hydrogen-bond acceptors (Lipinski definition) is 4. The van der Waals surface area contributed by atoms with Crippen molar-refractivity contribution in [3.8, 4) is 0 Å². The molecule has 0 saturated carbocycles. The molecule has 28 heavy (non-hydrogen) atoms. The maximum absolute atomic E-state index is 12.7. The van der Waals surface area contributed by atoms with Crippen molar-refractivity contribution in [3.63, 3.8) is 0 Å². The quantitative estimate of drug-likeness (QED) is 0.678. The van der Waals surface area contributed by atoms with Crippen molar-refractivity contribution in [1.82, 2.24) is 20.3 Å². The maximum Gasteiger partial charge on any atom is 0.256 e.